The lowest BCUT2D eigenvalue weighted by molar-refractivity contribution is 0.102. The van der Waals surface area contributed by atoms with Gasteiger partial charge in [0.05, 0.1) is 17.5 Å². The molecule has 0 spiro atoms. The third-order valence-corrected chi connectivity index (χ3v) is 4.39. The summed E-state index contributed by atoms with van der Waals surface area (Å²) >= 11 is 0.820. The minimum absolute atomic E-state index is 0.0197. The first-order valence-electron chi connectivity index (χ1n) is 7.70. The van der Waals surface area contributed by atoms with Gasteiger partial charge < -0.3 is 9.73 Å². The predicted molar refractivity (Wildman–Crippen MR) is 101 cm³/mol. The summed E-state index contributed by atoms with van der Waals surface area (Å²) in [7, 11) is 0. The molecule has 1 heterocycles. The molecule has 0 radical (unpaired) electrons. The summed E-state index contributed by atoms with van der Waals surface area (Å²) in [6.45, 7) is 0. The van der Waals surface area contributed by atoms with E-state index in [1.807, 2.05) is 0 Å². The van der Waals surface area contributed by atoms with Gasteiger partial charge >= 0.3 is 0 Å². The molecule has 2 aromatic carbocycles. The van der Waals surface area contributed by atoms with Crippen molar-refractivity contribution in [2.24, 2.45) is 0 Å². The average Bonchev–Trinajstić information content (AvgIpc) is 3.18. The molecule has 0 aliphatic carbocycles. The molecule has 1 amide bonds. The zero-order valence-electron chi connectivity index (χ0n) is 13.8. The highest BCUT2D eigenvalue weighted by Gasteiger charge is 2.16. The number of carbonyl (C=O) groups is 1. The highest BCUT2D eigenvalue weighted by molar-refractivity contribution is 8.27. The van der Waals surface area contributed by atoms with Gasteiger partial charge in [-0.15, -0.1) is 0 Å². The maximum absolute atomic E-state index is 14.1. The van der Waals surface area contributed by atoms with E-state index in [0.29, 0.717) is 11.3 Å². The first-order valence-corrected chi connectivity index (χ1v) is 8.52. The van der Waals surface area contributed by atoms with Crippen LogP contribution in [0, 0.1) is 22.5 Å². The number of hydrogen-bond donors (Lipinski definition) is 3. The van der Waals surface area contributed by atoms with Crippen molar-refractivity contribution in [2.75, 3.05) is 5.32 Å². The van der Waals surface area contributed by atoms with Crippen LogP contribution in [0.25, 0.3) is 0 Å². The van der Waals surface area contributed by atoms with E-state index in [2.05, 4.69) is 5.32 Å². The van der Waals surface area contributed by atoms with Gasteiger partial charge in [-0.25, -0.2) is 8.78 Å². The van der Waals surface area contributed by atoms with Gasteiger partial charge in [-0.3, -0.25) is 15.6 Å². The normalized spacial score (nSPS) is 10.4. The largest absolute Gasteiger partial charge is 0.462 e. The van der Waals surface area contributed by atoms with Crippen LogP contribution in [-0.4, -0.2) is 16.0 Å². The first kappa shape index (κ1) is 18.5. The van der Waals surface area contributed by atoms with Crippen LogP contribution in [0.15, 0.2) is 65.3 Å². The third-order valence-electron chi connectivity index (χ3n) is 3.54. The Bertz CT molecular complexity index is 1020. The summed E-state index contributed by atoms with van der Waals surface area (Å²) in [4.78, 5) is 12.2. The maximum Gasteiger partial charge on any atom is 0.258 e. The number of carbonyl (C=O) groups excluding carboxylic acids is 1. The minimum atomic E-state index is -0.799. The molecule has 5 nitrogen and oxygen atoms in total. The van der Waals surface area contributed by atoms with Gasteiger partial charge in [0.25, 0.3) is 5.91 Å². The molecule has 0 aliphatic heterocycles. The van der Waals surface area contributed by atoms with Crippen LogP contribution >= 0.6 is 11.8 Å². The topological polar surface area (TPSA) is 89.9 Å². The van der Waals surface area contributed by atoms with Gasteiger partial charge in [-0.05, 0) is 54.2 Å². The van der Waals surface area contributed by atoms with Crippen molar-refractivity contribution in [3.8, 4) is 0 Å². The molecule has 0 unspecified atom stereocenters. The van der Waals surface area contributed by atoms with E-state index in [9.17, 15) is 13.6 Å². The number of rotatable bonds is 4. The van der Waals surface area contributed by atoms with E-state index in [1.54, 1.807) is 12.1 Å². The second kappa shape index (κ2) is 7.96. The van der Waals surface area contributed by atoms with Crippen molar-refractivity contribution in [3.63, 3.8) is 0 Å². The van der Waals surface area contributed by atoms with Crippen molar-refractivity contribution in [3.05, 3.63) is 89.4 Å². The number of thioether (sulfide) groups is 1. The van der Waals surface area contributed by atoms with E-state index >= 15 is 0 Å². The second-order valence-corrected chi connectivity index (χ2v) is 6.39. The Morgan fingerprint density at radius 3 is 2.44 bits per heavy atom. The van der Waals surface area contributed by atoms with Crippen LogP contribution in [0.4, 0.5) is 14.5 Å². The fourth-order valence-corrected chi connectivity index (χ4v) is 2.88. The molecular formula is C19H13F2N3O2S. The van der Waals surface area contributed by atoms with Crippen LogP contribution in [-0.2, 0) is 0 Å². The quantitative estimate of drug-likeness (QED) is 0.441. The fraction of sp³-hybridized carbons (Fsp3) is 0. The van der Waals surface area contributed by atoms with Gasteiger partial charge in [-0.1, -0.05) is 12.1 Å². The number of furan rings is 1. The number of benzene rings is 2. The summed E-state index contributed by atoms with van der Waals surface area (Å²) in [5, 5.41) is 18.3. The Hall–Kier alpha value is -3.26. The SMILES string of the molecule is N=C(SC(=N)c1ccco1)c1ccc(F)c(NC(=O)c2ccccc2F)c1. The molecule has 0 saturated heterocycles. The minimum Gasteiger partial charge on any atom is -0.462 e. The van der Waals surface area contributed by atoms with Crippen LogP contribution in [0.1, 0.15) is 21.7 Å². The molecular weight excluding hydrogens is 372 g/mol. The summed E-state index contributed by atoms with van der Waals surface area (Å²) in [5.41, 5.74) is -0.108. The molecule has 0 atom stereocenters. The Morgan fingerprint density at radius 1 is 0.963 bits per heavy atom. The molecule has 3 rings (SSSR count). The van der Waals surface area contributed by atoms with E-state index < -0.39 is 17.5 Å². The monoisotopic (exact) mass is 385 g/mol. The van der Waals surface area contributed by atoms with Crippen LogP contribution in [0.5, 0.6) is 0 Å². The molecule has 27 heavy (non-hydrogen) atoms. The van der Waals surface area contributed by atoms with Gasteiger partial charge in [0.1, 0.15) is 21.7 Å². The van der Waals surface area contributed by atoms with Crippen molar-refractivity contribution in [2.45, 2.75) is 0 Å². The van der Waals surface area contributed by atoms with E-state index in [1.165, 1.54) is 36.6 Å². The van der Waals surface area contributed by atoms with Gasteiger partial charge in [0, 0.05) is 5.56 Å². The Kier molecular flexibility index (Phi) is 5.46. The third kappa shape index (κ3) is 4.29. The zero-order valence-corrected chi connectivity index (χ0v) is 14.6. The van der Waals surface area contributed by atoms with Gasteiger partial charge in [0.15, 0.2) is 5.76 Å². The Morgan fingerprint density at radius 2 is 1.74 bits per heavy atom. The lowest BCUT2D eigenvalue weighted by Crippen LogP contribution is -2.15. The number of halogens is 2. The summed E-state index contributed by atoms with van der Waals surface area (Å²) in [5.74, 6) is -1.93. The Labute approximate surface area is 157 Å². The Balaban J connectivity index is 1.78. The second-order valence-electron chi connectivity index (χ2n) is 5.37. The van der Waals surface area contributed by atoms with Gasteiger partial charge in [-0.2, -0.15) is 0 Å². The van der Waals surface area contributed by atoms with Crippen molar-refractivity contribution in [1.29, 1.82) is 10.8 Å². The molecule has 1 aromatic heterocycles. The first-order chi connectivity index (χ1) is 13.0. The van der Waals surface area contributed by atoms with Crippen molar-refractivity contribution < 1.29 is 18.0 Å². The van der Waals surface area contributed by atoms with Crippen LogP contribution in [0.3, 0.4) is 0 Å². The zero-order chi connectivity index (χ0) is 19.4. The molecule has 8 heteroatoms. The van der Waals surface area contributed by atoms with Crippen molar-refractivity contribution in [1.82, 2.24) is 0 Å². The number of amides is 1. The van der Waals surface area contributed by atoms with Crippen LogP contribution < -0.4 is 5.32 Å². The van der Waals surface area contributed by atoms with E-state index in [4.69, 9.17) is 15.2 Å². The number of hydrogen-bond acceptors (Lipinski definition) is 5. The summed E-state index contributed by atoms with van der Waals surface area (Å²) in [6, 6.07) is 12.3. The average molecular weight is 385 g/mol. The van der Waals surface area contributed by atoms with E-state index in [0.717, 1.165) is 23.9 Å². The smallest absolute Gasteiger partial charge is 0.258 e. The molecule has 136 valence electrons. The van der Waals surface area contributed by atoms with Gasteiger partial charge in [0.2, 0.25) is 0 Å². The summed E-state index contributed by atoms with van der Waals surface area (Å²) in [6.07, 6.45) is 1.42. The molecule has 0 saturated carbocycles. The standard InChI is InChI=1S/C19H13F2N3O2S/c20-13-5-2-1-4-12(13)19(25)24-15-10-11(7-8-14(15)21)17(22)27-18(23)16-6-3-9-26-16/h1-10,22-23H,(H,24,25). The predicted octanol–water partition coefficient (Wildman–Crippen LogP) is 4.89. The number of anilines is 1. The highest BCUT2D eigenvalue weighted by atomic mass is 32.2. The number of nitrogens with one attached hydrogen (secondary N) is 3. The molecule has 0 aliphatic rings. The molecule has 0 fully saturated rings. The fourth-order valence-electron chi connectivity index (χ4n) is 2.22. The molecule has 0 bridgehead atoms. The lowest BCUT2D eigenvalue weighted by atomic mass is 10.1. The molecule has 3 N–H and O–H groups in total. The highest BCUT2D eigenvalue weighted by Crippen LogP contribution is 2.23. The molecule has 3 aromatic rings. The maximum atomic E-state index is 14.1. The summed E-state index contributed by atoms with van der Waals surface area (Å²) < 4.78 is 32.8. The van der Waals surface area contributed by atoms with Crippen LogP contribution in [0.2, 0.25) is 0 Å². The van der Waals surface area contributed by atoms with Crippen molar-refractivity contribution >= 4 is 33.4 Å². The van der Waals surface area contributed by atoms with E-state index in [-0.39, 0.29) is 21.3 Å². The lowest BCUT2D eigenvalue weighted by Gasteiger charge is -2.10.